The predicted octanol–water partition coefficient (Wildman–Crippen LogP) is 3.83. The summed E-state index contributed by atoms with van der Waals surface area (Å²) in [5.74, 6) is 0. The molecule has 2 aromatic rings. The van der Waals surface area contributed by atoms with E-state index in [2.05, 4.69) is 61.6 Å². The van der Waals surface area contributed by atoms with Crippen LogP contribution in [0.3, 0.4) is 0 Å². The van der Waals surface area contributed by atoms with E-state index in [1.165, 1.54) is 22.6 Å². The van der Waals surface area contributed by atoms with E-state index < -0.39 is 8.07 Å². The second-order valence-corrected chi connectivity index (χ2v) is 11.0. The van der Waals surface area contributed by atoms with Crippen LogP contribution in [0, 0.1) is 6.92 Å². The summed E-state index contributed by atoms with van der Waals surface area (Å²) < 4.78 is 2.43. The summed E-state index contributed by atoms with van der Waals surface area (Å²) in [6.45, 7) is 9.44. The third-order valence-electron chi connectivity index (χ3n) is 2.63. The van der Waals surface area contributed by atoms with E-state index in [1.807, 2.05) is 0 Å². The van der Waals surface area contributed by atoms with Crippen molar-refractivity contribution in [3.05, 3.63) is 36.0 Å². The molecule has 0 spiro atoms. The lowest BCUT2D eigenvalue weighted by atomic mass is 10.2. The number of hydrogen-bond donors (Lipinski definition) is 0. The molecular weight excluding hydrogens is 198 g/mol. The van der Waals surface area contributed by atoms with E-state index in [-0.39, 0.29) is 0 Å². The van der Waals surface area contributed by atoms with Crippen LogP contribution in [0.5, 0.6) is 0 Å². The highest BCUT2D eigenvalue weighted by Gasteiger charge is 2.15. The summed E-state index contributed by atoms with van der Waals surface area (Å²) in [6.07, 6.45) is 3.50. The molecule has 0 aliphatic rings. The SMILES string of the molecule is Cc1cn(C[Si](C)(C)C)c2ccccc12. The summed E-state index contributed by atoms with van der Waals surface area (Å²) in [4.78, 5) is 0. The van der Waals surface area contributed by atoms with Crippen molar-refractivity contribution in [1.82, 2.24) is 4.57 Å². The Balaban J connectivity index is 2.53. The monoisotopic (exact) mass is 217 g/mol. The lowest BCUT2D eigenvalue weighted by molar-refractivity contribution is 0.894. The maximum atomic E-state index is 2.43. The van der Waals surface area contributed by atoms with Crippen LogP contribution < -0.4 is 0 Å². The van der Waals surface area contributed by atoms with Crippen molar-refractivity contribution in [3.63, 3.8) is 0 Å². The molecule has 0 N–H and O–H groups in total. The predicted molar refractivity (Wildman–Crippen MR) is 70.0 cm³/mol. The first-order chi connectivity index (χ1) is 6.97. The number of nitrogens with zero attached hydrogens (tertiary/aromatic N) is 1. The van der Waals surface area contributed by atoms with Crippen LogP contribution in [-0.4, -0.2) is 12.6 Å². The van der Waals surface area contributed by atoms with Gasteiger partial charge < -0.3 is 4.57 Å². The Labute approximate surface area is 92.7 Å². The highest BCUT2D eigenvalue weighted by molar-refractivity contribution is 6.75. The molecule has 15 heavy (non-hydrogen) atoms. The summed E-state index contributed by atoms with van der Waals surface area (Å²) in [5, 5.41) is 1.40. The first-order valence-corrected chi connectivity index (χ1v) is 9.22. The Hall–Kier alpha value is -1.02. The van der Waals surface area contributed by atoms with Crippen LogP contribution in [0.15, 0.2) is 30.5 Å². The van der Waals surface area contributed by atoms with Crippen LogP contribution in [0.2, 0.25) is 19.6 Å². The highest BCUT2D eigenvalue weighted by atomic mass is 28.3. The van der Waals surface area contributed by atoms with Gasteiger partial charge in [-0.3, -0.25) is 0 Å². The summed E-state index contributed by atoms with van der Waals surface area (Å²) in [7, 11) is -1.04. The molecule has 0 unspecified atom stereocenters. The van der Waals surface area contributed by atoms with Crippen LogP contribution in [0.4, 0.5) is 0 Å². The molecule has 0 radical (unpaired) electrons. The van der Waals surface area contributed by atoms with Gasteiger partial charge in [-0.25, -0.2) is 0 Å². The summed E-state index contributed by atoms with van der Waals surface area (Å²) in [5.41, 5.74) is 2.78. The molecule has 0 fully saturated rings. The maximum absolute atomic E-state index is 2.43. The molecule has 1 aromatic heterocycles. The van der Waals surface area contributed by atoms with Crippen molar-refractivity contribution in [2.24, 2.45) is 0 Å². The topological polar surface area (TPSA) is 4.93 Å². The summed E-state index contributed by atoms with van der Waals surface area (Å²) in [6, 6.07) is 8.69. The molecule has 2 rings (SSSR count). The van der Waals surface area contributed by atoms with Crippen molar-refractivity contribution in [2.45, 2.75) is 32.7 Å². The standard InChI is InChI=1S/C13H19NSi/c1-11-9-14(10-15(2,3)4)13-8-6-5-7-12(11)13/h5-9H,10H2,1-4H3. The van der Waals surface area contributed by atoms with Gasteiger partial charge in [-0.1, -0.05) is 37.8 Å². The van der Waals surface area contributed by atoms with Crippen molar-refractivity contribution < 1.29 is 0 Å². The lowest BCUT2D eigenvalue weighted by Crippen LogP contribution is -2.27. The van der Waals surface area contributed by atoms with Crippen LogP contribution in [-0.2, 0) is 6.17 Å². The molecule has 0 aliphatic heterocycles. The smallest absolute Gasteiger partial charge is 0.0671 e. The number of fused-ring (bicyclic) bond motifs is 1. The number of aryl methyl sites for hydroxylation is 1. The molecule has 80 valence electrons. The zero-order valence-electron chi connectivity index (χ0n) is 10.0. The molecule has 0 saturated carbocycles. The average molecular weight is 217 g/mol. The normalized spacial score (nSPS) is 12.3. The molecule has 0 atom stereocenters. The molecule has 1 aromatic carbocycles. The van der Waals surface area contributed by atoms with Gasteiger partial charge in [-0.05, 0) is 18.6 Å². The quantitative estimate of drug-likeness (QED) is 0.674. The minimum Gasteiger partial charge on any atom is -0.350 e. The van der Waals surface area contributed by atoms with Crippen LogP contribution in [0.25, 0.3) is 10.9 Å². The van der Waals surface area contributed by atoms with Crippen LogP contribution >= 0.6 is 0 Å². The number of aromatic nitrogens is 1. The number of rotatable bonds is 2. The van der Waals surface area contributed by atoms with Gasteiger partial charge in [0.25, 0.3) is 0 Å². The van der Waals surface area contributed by atoms with Gasteiger partial charge in [-0.2, -0.15) is 0 Å². The molecular formula is C13H19NSi. The van der Waals surface area contributed by atoms with Gasteiger partial charge in [0, 0.05) is 23.3 Å². The van der Waals surface area contributed by atoms with Crippen molar-refractivity contribution >= 4 is 19.0 Å². The fourth-order valence-corrected chi connectivity index (χ4v) is 3.36. The third kappa shape index (κ3) is 2.15. The van der Waals surface area contributed by atoms with E-state index in [9.17, 15) is 0 Å². The van der Waals surface area contributed by atoms with Gasteiger partial charge in [0.1, 0.15) is 0 Å². The van der Waals surface area contributed by atoms with Crippen LogP contribution in [0.1, 0.15) is 5.56 Å². The first kappa shape index (κ1) is 10.5. The molecule has 1 heterocycles. The minimum atomic E-state index is -1.04. The highest BCUT2D eigenvalue weighted by Crippen LogP contribution is 2.21. The third-order valence-corrected chi connectivity index (χ3v) is 3.92. The molecule has 0 bridgehead atoms. The number of para-hydroxylation sites is 1. The van der Waals surface area contributed by atoms with Gasteiger partial charge in [-0.15, -0.1) is 0 Å². The fraction of sp³-hybridized carbons (Fsp3) is 0.385. The average Bonchev–Trinajstić information content (AvgIpc) is 2.42. The molecule has 0 saturated heterocycles. The zero-order valence-corrected chi connectivity index (χ0v) is 11.0. The number of benzene rings is 1. The number of hydrogen-bond acceptors (Lipinski definition) is 0. The molecule has 0 aliphatic carbocycles. The first-order valence-electron chi connectivity index (χ1n) is 5.52. The maximum Gasteiger partial charge on any atom is 0.0671 e. The second-order valence-electron chi connectivity index (χ2n) is 5.52. The van der Waals surface area contributed by atoms with Gasteiger partial charge >= 0.3 is 0 Å². The Kier molecular flexibility index (Phi) is 2.47. The van der Waals surface area contributed by atoms with Crippen molar-refractivity contribution in [1.29, 1.82) is 0 Å². The Bertz CT molecular complexity index is 477. The van der Waals surface area contributed by atoms with E-state index >= 15 is 0 Å². The summed E-state index contributed by atoms with van der Waals surface area (Å²) >= 11 is 0. The van der Waals surface area contributed by atoms with Gasteiger partial charge in [0.05, 0.1) is 8.07 Å². The zero-order chi connectivity index (χ0) is 11.1. The molecule has 2 heteroatoms. The van der Waals surface area contributed by atoms with E-state index in [4.69, 9.17) is 0 Å². The Morgan fingerprint density at radius 3 is 2.47 bits per heavy atom. The van der Waals surface area contributed by atoms with E-state index in [0.29, 0.717) is 0 Å². The Morgan fingerprint density at radius 2 is 1.80 bits per heavy atom. The molecule has 1 nitrogen and oxygen atoms in total. The van der Waals surface area contributed by atoms with Gasteiger partial charge in [0.15, 0.2) is 0 Å². The van der Waals surface area contributed by atoms with Gasteiger partial charge in [0.2, 0.25) is 0 Å². The second kappa shape index (κ2) is 3.53. The Morgan fingerprint density at radius 1 is 1.13 bits per heavy atom. The van der Waals surface area contributed by atoms with E-state index in [1.54, 1.807) is 0 Å². The fourth-order valence-electron chi connectivity index (χ4n) is 2.07. The largest absolute Gasteiger partial charge is 0.350 e. The van der Waals surface area contributed by atoms with E-state index in [0.717, 1.165) is 0 Å². The van der Waals surface area contributed by atoms with Crippen molar-refractivity contribution in [3.8, 4) is 0 Å². The lowest BCUT2D eigenvalue weighted by Gasteiger charge is -2.17. The van der Waals surface area contributed by atoms with Crippen molar-refractivity contribution in [2.75, 3.05) is 0 Å². The molecule has 0 amide bonds. The minimum absolute atomic E-state index is 1.04.